The number of hydrogen-bond acceptors (Lipinski definition) is 11. The van der Waals surface area contributed by atoms with E-state index in [0.717, 1.165) is 50.0 Å². The molecule has 0 spiro atoms. The lowest BCUT2D eigenvalue weighted by Crippen LogP contribution is -2.36. The van der Waals surface area contributed by atoms with Gasteiger partial charge in [-0.05, 0) is 44.2 Å². The number of nitro groups is 1. The number of rotatable bonds is 17. The highest BCUT2D eigenvalue weighted by Crippen LogP contribution is 2.33. The van der Waals surface area contributed by atoms with E-state index in [9.17, 15) is 39.5 Å². The van der Waals surface area contributed by atoms with Crippen LogP contribution in [0.2, 0.25) is 0 Å². The lowest BCUT2D eigenvalue weighted by atomic mass is 10.0. The van der Waals surface area contributed by atoms with Gasteiger partial charge in [0.05, 0.1) is 22.6 Å². The largest absolute Gasteiger partial charge is 0.534 e. The number of aromatic nitrogens is 1. The monoisotopic (exact) mass is 676 g/mol. The van der Waals surface area contributed by atoms with Gasteiger partial charge in [0.1, 0.15) is 6.10 Å². The molecule has 256 valence electrons. The van der Waals surface area contributed by atoms with Crippen LogP contribution in [-0.2, 0) is 20.9 Å². The molecule has 4 atom stereocenters. The van der Waals surface area contributed by atoms with Crippen molar-refractivity contribution in [3.63, 3.8) is 0 Å². The van der Waals surface area contributed by atoms with Crippen LogP contribution in [0.25, 0.3) is 0 Å². The predicted octanol–water partition coefficient (Wildman–Crippen LogP) is 3.15. The van der Waals surface area contributed by atoms with Gasteiger partial charge in [-0.3, -0.25) is 24.5 Å². The molecular weight excluding hydrogens is 636 g/mol. The quantitative estimate of drug-likeness (QED) is 0.0469. The standard InChI is InChI=1S/C30H40N6O10S/c1-18(45-30(42)46-35-26(39)12-13-27(35)40)20-15-19(10-11-22(20)36(43)44)16-32-25(38)8-3-2-6-14-31-24(37)9-5-4-7-23-28-21(17-47-23)33-29(41)34-28/h10-13,15,18,21,23,28,39-40H,2-9,14,16-17H2,1H3,(H,31,37)(H,32,38)(H2,33,34,41). The third-order valence-electron chi connectivity index (χ3n) is 7.94. The third-order valence-corrected chi connectivity index (χ3v) is 9.44. The number of aromatic hydroxyl groups is 2. The summed E-state index contributed by atoms with van der Waals surface area (Å²) in [5.74, 6) is -0.386. The molecule has 1 aromatic carbocycles. The number of benzene rings is 1. The van der Waals surface area contributed by atoms with E-state index in [1.54, 1.807) is 0 Å². The molecule has 2 saturated heterocycles. The fraction of sp³-hybridized carbons (Fsp3) is 0.533. The Bertz CT molecular complexity index is 1430. The molecule has 2 fully saturated rings. The Labute approximate surface area is 275 Å². The summed E-state index contributed by atoms with van der Waals surface area (Å²) in [5.41, 5.74) is 0.294. The van der Waals surface area contributed by atoms with E-state index in [1.165, 1.54) is 25.1 Å². The Balaban J connectivity index is 1.09. The molecule has 1 aromatic heterocycles. The molecule has 16 nitrogen and oxygen atoms in total. The number of amides is 4. The minimum absolute atomic E-state index is 0.00843. The van der Waals surface area contributed by atoms with E-state index < -0.39 is 28.9 Å². The van der Waals surface area contributed by atoms with Gasteiger partial charge in [0.15, 0.2) is 0 Å². The van der Waals surface area contributed by atoms with Gasteiger partial charge >= 0.3 is 12.2 Å². The number of ether oxygens (including phenoxy) is 1. The van der Waals surface area contributed by atoms with E-state index in [0.29, 0.717) is 34.9 Å². The van der Waals surface area contributed by atoms with Crippen LogP contribution < -0.4 is 26.1 Å². The molecule has 2 aromatic rings. The van der Waals surface area contributed by atoms with Gasteiger partial charge in [-0.2, -0.15) is 11.8 Å². The highest BCUT2D eigenvalue weighted by Gasteiger charge is 2.42. The number of urea groups is 1. The van der Waals surface area contributed by atoms with E-state index in [-0.39, 0.29) is 54.1 Å². The van der Waals surface area contributed by atoms with Crippen LogP contribution in [0.3, 0.4) is 0 Å². The summed E-state index contributed by atoms with van der Waals surface area (Å²) in [7, 11) is 0. The van der Waals surface area contributed by atoms with Crippen molar-refractivity contribution in [3.05, 3.63) is 51.6 Å². The molecule has 0 aliphatic carbocycles. The van der Waals surface area contributed by atoms with E-state index >= 15 is 0 Å². The van der Waals surface area contributed by atoms with Gasteiger partial charge in [0, 0.05) is 55.1 Å². The molecule has 2 aliphatic rings. The number of nitrogens with one attached hydrogen (secondary N) is 4. The molecule has 4 amide bonds. The first-order chi connectivity index (χ1) is 22.5. The van der Waals surface area contributed by atoms with Gasteiger partial charge in [0.25, 0.3) is 5.69 Å². The first-order valence-corrected chi connectivity index (χ1v) is 16.5. The van der Waals surface area contributed by atoms with E-state index in [2.05, 4.69) is 21.3 Å². The van der Waals surface area contributed by atoms with Crippen LogP contribution >= 0.6 is 11.8 Å². The van der Waals surface area contributed by atoms with Crippen LogP contribution in [0.15, 0.2) is 30.3 Å². The van der Waals surface area contributed by atoms with Crippen molar-refractivity contribution in [1.29, 1.82) is 0 Å². The maximum absolute atomic E-state index is 12.4. The minimum Gasteiger partial charge on any atom is -0.492 e. The first kappa shape index (κ1) is 35.2. The van der Waals surface area contributed by atoms with Gasteiger partial charge in [-0.25, -0.2) is 9.59 Å². The second-order valence-electron chi connectivity index (χ2n) is 11.4. The SMILES string of the molecule is CC(OC(=O)On1c(O)ccc1O)c1cc(CNC(=O)CCCCCNC(=O)CCCCC2SCC3NC(=O)NC32)ccc1[N+](=O)[O-]. The van der Waals surface area contributed by atoms with Crippen LogP contribution in [0, 0.1) is 10.1 Å². The zero-order valence-electron chi connectivity index (χ0n) is 25.9. The molecule has 4 rings (SSSR count). The van der Waals surface area contributed by atoms with Crippen molar-refractivity contribution in [2.75, 3.05) is 12.3 Å². The predicted molar refractivity (Wildman–Crippen MR) is 170 cm³/mol. The zero-order chi connectivity index (χ0) is 33.9. The molecule has 2 aliphatic heterocycles. The van der Waals surface area contributed by atoms with Crippen molar-refractivity contribution in [2.24, 2.45) is 0 Å². The van der Waals surface area contributed by atoms with Crippen LogP contribution in [0.5, 0.6) is 11.8 Å². The Hall–Kier alpha value is -4.67. The Kier molecular flexibility index (Phi) is 12.5. The maximum atomic E-state index is 12.4. The van der Waals surface area contributed by atoms with Crippen molar-refractivity contribution >= 4 is 41.5 Å². The van der Waals surface area contributed by atoms with Crippen molar-refractivity contribution in [2.45, 2.75) is 88.3 Å². The van der Waals surface area contributed by atoms with Gasteiger partial charge in [-0.1, -0.05) is 18.9 Å². The molecule has 47 heavy (non-hydrogen) atoms. The highest BCUT2D eigenvalue weighted by atomic mass is 32.2. The lowest BCUT2D eigenvalue weighted by Gasteiger charge is -2.16. The number of fused-ring (bicyclic) bond motifs is 1. The second-order valence-corrected chi connectivity index (χ2v) is 12.7. The Morgan fingerprint density at radius 2 is 1.74 bits per heavy atom. The Morgan fingerprint density at radius 1 is 1.04 bits per heavy atom. The van der Waals surface area contributed by atoms with Crippen LogP contribution in [0.4, 0.5) is 15.3 Å². The summed E-state index contributed by atoms with van der Waals surface area (Å²) in [6, 6.07) is 6.64. The summed E-state index contributed by atoms with van der Waals surface area (Å²) in [4.78, 5) is 63.9. The average Bonchev–Trinajstić information content (AvgIpc) is 3.69. The second kappa shape index (κ2) is 16.8. The fourth-order valence-corrected chi connectivity index (χ4v) is 7.02. The number of thioether (sulfide) groups is 1. The zero-order valence-corrected chi connectivity index (χ0v) is 26.8. The number of hydrogen-bond donors (Lipinski definition) is 6. The molecule has 4 unspecified atom stereocenters. The molecule has 0 radical (unpaired) electrons. The van der Waals surface area contributed by atoms with E-state index in [4.69, 9.17) is 9.57 Å². The summed E-state index contributed by atoms with van der Waals surface area (Å²) in [5, 5.41) is 42.8. The number of carbonyl (C=O) groups is 4. The van der Waals surface area contributed by atoms with Crippen LogP contribution in [0.1, 0.15) is 75.5 Å². The normalized spacial score (nSPS) is 18.8. The summed E-state index contributed by atoms with van der Waals surface area (Å²) in [6.07, 6.45) is 3.07. The smallest absolute Gasteiger partial charge is 0.492 e. The number of nitrogens with zero attached hydrogens (tertiary/aromatic N) is 2. The average molecular weight is 677 g/mol. The van der Waals surface area contributed by atoms with Gasteiger partial charge < -0.3 is 36.2 Å². The van der Waals surface area contributed by atoms with E-state index in [1.807, 2.05) is 11.8 Å². The highest BCUT2D eigenvalue weighted by molar-refractivity contribution is 8.00. The lowest BCUT2D eigenvalue weighted by molar-refractivity contribution is -0.386. The van der Waals surface area contributed by atoms with Crippen molar-refractivity contribution in [1.82, 2.24) is 26.0 Å². The molecule has 0 saturated carbocycles. The third kappa shape index (κ3) is 10.2. The molecule has 6 N–H and O–H groups in total. The first-order valence-electron chi connectivity index (χ1n) is 15.5. The van der Waals surface area contributed by atoms with Gasteiger partial charge in [-0.15, -0.1) is 4.73 Å². The molecule has 0 bridgehead atoms. The molecular formula is C30H40N6O10S. The summed E-state index contributed by atoms with van der Waals surface area (Å²) < 4.78 is 5.54. The van der Waals surface area contributed by atoms with Crippen molar-refractivity contribution < 1.29 is 43.9 Å². The fourth-order valence-electron chi connectivity index (χ4n) is 5.47. The number of carbonyl (C=O) groups excluding carboxylic acids is 4. The summed E-state index contributed by atoms with van der Waals surface area (Å²) in [6.45, 7) is 2.02. The number of nitro benzene ring substituents is 1. The minimum atomic E-state index is -1.32. The number of unbranched alkanes of at least 4 members (excludes halogenated alkanes) is 3. The molecule has 17 heteroatoms. The summed E-state index contributed by atoms with van der Waals surface area (Å²) >= 11 is 1.87. The van der Waals surface area contributed by atoms with Crippen molar-refractivity contribution in [3.8, 4) is 11.8 Å². The van der Waals surface area contributed by atoms with Gasteiger partial charge in [0.2, 0.25) is 23.6 Å². The van der Waals surface area contributed by atoms with Crippen LogP contribution in [-0.4, -0.2) is 73.5 Å². The topological polar surface area (TPSA) is 223 Å². The molecule has 3 heterocycles. The maximum Gasteiger partial charge on any atom is 0.534 e. The Morgan fingerprint density at radius 3 is 2.47 bits per heavy atom.